The lowest BCUT2D eigenvalue weighted by Crippen LogP contribution is -2.33. The summed E-state index contributed by atoms with van der Waals surface area (Å²) in [5, 5.41) is 13.4. The van der Waals surface area contributed by atoms with Crippen molar-refractivity contribution in [3.63, 3.8) is 0 Å². The van der Waals surface area contributed by atoms with E-state index in [9.17, 15) is 13.2 Å². The highest BCUT2D eigenvalue weighted by molar-refractivity contribution is 7.90. The molecule has 0 unspecified atom stereocenters. The fourth-order valence-corrected chi connectivity index (χ4v) is 1.84. The Morgan fingerprint density at radius 2 is 2.17 bits per heavy atom. The molecule has 98 valence electrons. The molecular weight excluding hydrogens is 258 g/mol. The van der Waals surface area contributed by atoms with Crippen molar-refractivity contribution in [2.24, 2.45) is 10.9 Å². The molecule has 1 rings (SSSR count). The van der Waals surface area contributed by atoms with Crippen LogP contribution >= 0.6 is 0 Å². The Hall–Kier alpha value is -2.09. The van der Waals surface area contributed by atoms with E-state index in [1.165, 1.54) is 24.3 Å². The number of hydrogen-bond donors (Lipinski definition) is 3. The van der Waals surface area contributed by atoms with Crippen LogP contribution in [0.15, 0.2) is 34.3 Å². The molecule has 0 radical (unpaired) electrons. The third kappa shape index (κ3) is 3.74. The average molecular weight is 271 g/mol. The van der Waals surface area contributed by atoms with Gasteiger partial charge in [0.05, 0.1) is 11.4 Å². The zero-order chi connectivity index (χ0) is 13.8. The van der Waals surface area contributed by atoms with Crippen LogP contribution in [0, 0.1) is 0 Å². The number of nitrogens with two attached hydrogens (primary N) is 1. The minimum atomic E-state index is -3.36. The third-order valence-electron chi connectivity index (χ3n) is 2.08. The summed E-state index contributed by atoms with van der Waals surface area (Å²) in [5.41, 5.74) is 5.37. The summed E-state index contributed by atoms with van der Waals surface area (Å²) in [6.07, 6.45) is 1.06. The Morgan fingerprint density at radius 1 is 1.50 bits per heavy atom. The molecule has 0 spiro atoms. The topological polar surface area (TPSA) is 122 Å². The number of rotatable bonds is 4. The molecule has 0 bridgehead atoms. The molecule has 1 amide bonds. The first kappa shape index (κ1) is 14.0. The Labute approximate surface area is 104 Å². The van der Waals surface area contributed by atoms with Crippen LogP contribution in [0.1, 0.15) is 10.4 Å². The first-order valence-electron chi connectivity index (χ1n) is 4.89. The zero-order valence-corrected chi connectivity index (χ0v) is 10.4. The Kier molecular flexibility index (Phi) is 4.27. The normalized spacial score (nSPS) is 12.2. The van der Waals surface area contributed by atoms with Gasteiger partial charge in [-0.25, -0.2) is 8.42 Å². The molecule has 0 atom stereocenters. The van der Waals surface area contributed by atoms with Gasteiger partial charge in [0.15, 0.2) is 15.7 Å². The Morgan fingerprint density at radius 3 is 2.72 bits per heavy atom. The van der Waals surface area contributed by atoms with E-state index in [-0.39, 0.29) is 22.8 Å². The van der Waals surface area contributed by atoms with E-state index in [1.807, 2.05) is 0 Å². The number of carbonyl (C=O) groups excluding carboxylic acids is 1. The van der Waals surface area contributed by atoms with Gasteiger partial charge in [-0.3, -0.25) is 4.79 Å². The molecule has 0 aliphatic carbocycles. The molecule has 0 aliphatic rings. The molecule has 8 heteroatoms. The second kappa shape index (κ2) is 5.50. The number of amides is 1. The lowest BCUT2D eigenvalue weighted by molar-refractivity contribution is 0.0959. The highest BCUT2D eigenvalue weighted by Crippen LogP contribution is 2.11. The minimum Gasteiger partial charge on any atom is -0.409 e. The van der Waals surface area contributed by atoms with Gasteiger partial charge in [0.1, 0.15) is 0 Å². The summed E-state index contributed by atoms with van der Waals surface area (Å²) in [5.74, 6) is -0.658. The average Bonchev–Trinajstić information content (AvgIpc) is 2.34. The molecular formula is C10H13N3O4S. The van der Waals surface area contributed by atoms with Gasteiger partial charge in [-0.05, 0) is 18.2 Å². The van der Waals surface area contributed by atoms with E-state index in [0.717, 1.165) is 6.26 Å². The van der Waals surface area contributed by atoms with E-state index >= 15 is 0 Å². The summed E-state index contributed by atoms with van der Waals surface area (Å²) in [6.45, 7) is -0.127. The third-order valence-corrected chi connectivity index (χ3v) is 3.19. The van der Waals surface area contributed by atoms with Crippen molar-refractivity contribution in [1.29, 1.82) is 0 Å². The summed E-state index contributed by atoms with van der Waals surface area (Å²) >= 11 is 0. The maximum atomic E-state index is 11.6. The molecule has 0 heterocycles. The maximum absolute atomic E-state index is 11.6. The van der Waals surface area contributed by atoms with Gasteiger partial charge in [0.2, 0.25) is 0 Å². The van der Waals surface area contributed by atoms with Crippen molar-refractivity contribution in [1.82, 2.24) is 5.32 Å². The molecule has 0 aliphatic heterocycles. The smallest absolute Gasteiger partial charge is 0.251 e. The second-order valence-electron chi connectivity index (χ2n) is 3.57. The summed E-state index contributed by atoms with van der Waals surface area (Å²) in [6, 6.07) is 5.59. The number of amidine groups is 1. The zero-order valence-electron chi connectivity index (χ0n) is 9.62. The van der Waals surface area contributed by atoms with E-state index in [1.54, 1.807) is 0 Å². The van der Waals surface area contributed by atoms with E-state index in [4.69, 9.17) is 10.9 Å². The standard InChI is InChI=1S/C10H13N3O4S/c1-18(16,17)8-4-2-3-7(5-8)10(14)12-6-9(11)13-15/h2-5,15H,6H2,1H3,(H2,11,13)(H,12,14). The Balaban J connectivity index is 2.88. The minimum absolute atomic E-state index is 0.0546. The number of benzene rings is 1. The van der Waals surface area contributed by atoms with Crippen LogP contribution in [0.3, 0.4) is 0 Å². The molecule has 0 fully saturated rings. The Bertz CT molecular complexity index is 581. The van der Waals surface area contributed by atoms with E-state index < -0.39 is 15.7 Å². The lowest BCUT2D eigenvalue weighted by Gasteiger charge is -2.05. The number of nitrogens with zero attached hydrogens (tertiary/aromatic N) is 1. The van der Waals surface area contributed by atoms with Crippen molar-refractivity contribution in [3.05, 3.63) is 29.8 Å². The van der Waals surface area contributed by atoms with Crippen LogP contribution in [0.4, 0.5) is 0 Å². The van der Waals surface area contributed by atoms with Crippen molar-refractivity contribution in [2.75, 3.05) is 12.8 Å². The maximum Gasteiger partial charge on any atom is 0.251 e. The van der Waals surface area contributed by atoms with Gasteiger partial charge in [-0.1, -0.05) is 11.2 Å². The van der Waals surface area contributed by atoms with Gasteiger partial charge in [0.25, 0.3) is 5.91 Å². The van der Waals surface area contributed by atoms with Crippen molar-refractivity contribution >= 4 is 21.6 Å². The van der Waals surface area contributed by atoms with Gasteiger partial charge < -0.3 is 16.3 Å². The van der Waals surface area contributed by atoms with Gasteiger partial charge in [-0.2, -0.15) is 0 Å². The van der Waals surface area contributed by atoms with Gasteiger partial charge in [0, 0.05) is 11.8 Å². The van der Waals surface area contributed by atoms with Gasteiger partial charge in [-0.15, -0.1) is 0 Å². The van der Waals surface area contributed by atoms with Crippen molar-refractivity contribution in [2.45, 2.75) is 4.90 Å². The van der Waals surface area contributed by atoms with Crippen LogP contribution < -0.4 is 11.1 Å². The predicted molar refractivity (Wildman–Crippen MR) is 65.3 cm³/mol. The molecule has 18 heavy (non-hydrogen) atoms. The first-order chi connectivity index (χ1) is 8.34. The fraction of sp³-hybridized carbons (Fsp3) is 0.200. The highest BCUT2D eigenvalue weighted by Gasteiger charge is 2.11. The molecule has 0 saturated heterocycles. The molecule has 1 aromatic carbocycles. The molecule has 0 saturated carbocycles. The number of carbonyl (C=O) groups is 1. The quantitative estimate of drug-likeness (QED) is 0.297. The second-order valence-corrected chi connectivity index (χ2v) is 5.59. The van der Waals surface area contributed by atoms with Crippen molar-refractivity contribution < 1.29 is 18.4 Å². The van der Waals surface area contributed by atoms with Crippen LogP contribution in [0.25, 0.3) is 0 Å². The van der Waals surface area contributed by atoms with Crippen LogP contribution in [0.2, 0.25) is 0 Å². The van der Waals surface area contributed by atoms with Crippen LogP contribution in [-0.2, 0) is 9.84 Å². The molecule has 0 aromatic heterocycles. The summed E-state index contributed by atoms with van der Waals surface area (Å²) in [4.78, 5) is 11.7. The van der Waals surface area contributed by atoms with Crippen LogP contribution in [-0.4, -0.2) is 38.2 Å². The summed E-state index contributed by atoms with van der Waals surface area (Å²) < 4.78 is 22.6. The molecule has 1 aromatic rings. The fourth-order valence-electron chi connectivity index (χ4n) is 1.18. The van der Waals surface area contributed by atoms with Gasteiger partial charge >= 0.3 is 0 Å². The van der Waals surface area contributed by atoms with Crippen LogP contribution in [0.5, 0.6) is 0 Å². The molecule has 4 N–H and O–H groups in total. The lowest BCUT2D eigenvalue weighted by atomic mass is 10.2. The monoisotopic (exact) mass is 271 g/mol. The predicted octanol–water partition coefficient (Wildman–Crippen LogP) is -0.434. The number of nitrogens with one attached hydrogen (secondary N) is 1. The first-order valence-corrected chi connectivity index (χ1v) is 6.78. The summed E-state index contributed by atoms with van der Waals surface area (Å²) in [7, 11) is -3.36. The SMILES string of the molecule is CS(=O)(=O)c1cccc(C(=O)NC/C(N)=N/O)c1. The largest absolute Gasteiger partial charge is 0.409 e. The van der Waals surface area contributed by atoms with Crippen molar-refractivity contribution in [3.8, 4) is 0 Å². The number of hydrogen-bond acceptors (Lipinski definition) is 5. The van der Waals surface area contributed by atoms with E-state index in [0.29, 0.717) is 0 Å². The number of sulfone groups is 1. The molecule has 7 nitrogen and oxygen atoms in total. The number of oxime groups is 1. The highest BCUT2D eigenvalue weighted by atomic mass is 32.2. The van der Waals surface area contributed by atoms with E-state index in [2.05, 4.69) is 10.5 Å².